The third-order valence-corrected chi connectivity index (χ3v) is 32.9. The molecular formula is C103H117N15O10S. The summed E-state index contributed by atoms with van der Waals surface area (Å²) in [6.45, 7) is 3.31. The van der Waals surface area contributed by atoms with E-state index in [1.807, 2.05) is 35.7 Å². The van der Waals surface area contributed by atoms with Crippen LogP contribution in [0.4, 0.5) is 0 Å². The number of amides is 4. The molecule has 6 aromatic rings. The average molecular weight is 1760 g/mol. The van der Waals surface area contributed by atoms with E-state index in [4.69, 9.17) is 71.3 Å². The number of nitrogens with zero attached hydrogens (tertiary/aromatic N) is 11. The zero-order valence-electron chi connectivity index (χ0n) is 74.6. The Balaban J connectivity index is 0.000000108. The second-order valence-electron chi connectivity index (χ2n) is 39.3. The summed E-state index contributed by atoms with van der Waals surface area (Å²) in [5.74, 6) is 22.9. The van der Waals surface area contributed by atoms with Crippen molar-refractivity contribution in [3.8, 4) is 41.6 Å². The van der Waals surface area contributed by atoms with Crippen molar-refractivity contribution in [1.29, 1.82) is 5.26 Å². The third kappa shape index (κ3) is 14.9. The van der Waals surface area contributed by atoms with Crippen molar-refractivity contribution in [1.82, 2.24) is 29.6 Å². The molecular weight excluding hydrogens is 1640 g/mol. The SMILES string of the molecule is COC1CCC2(CC1)Cc1ccc(C#CC3CC3)cc1C21N=C(N)N(Cc2cccnc2)C1=O.COC1CCC2(CC1)Cc1ccc(C#CC3CC3)cc1[C@@]21N=C(N)N(CC2CCO2)C1=O.COC1CCC2(CC1)Cc1ccc(C#CC3CC3)cc1[C@]21N=C(N)N(CC2CCO2)C1=O.COC1CCC2(CC1)Cc1ccc(C#N)cc1C21N=C(N)N(CCc2nccs2)C1=O. The maximum absolute atomic E-state index is 14.4. The van der Waals surface area contributed by atoms with Crippen LogP contribution in [0.3, 0.4) is 0 Å². The van der Waals surface area contributed by atoms with Gasteiger partial charge in [0.2, 0.25) is 0 Å². The van der Waals surface area contributed by atoms with Gasteiger partial charge in [-0.25, -0.2) is 25.0 Å². The minimum Gasteiger partial charge on any atom is -0.381 e. The van der Waals surface area contributed by atoms with Crippen LogP contribution in [0.25, 0.3) is 0 Å². The maximum atomic E-state index is 14.4. The Kier molecular flexibility index (Phi) is 22.9. The molecule has 8 spiro atoms. The summed E-state index contributed by atoms with van der Waals surface area (Å²) in [7, 11) is 7.09. The zero-order chi connectivity index (χ0) is 88.8. The fraction of sp³-hybridized carbons (Fsp3) is 0.544. The van der Waals surface area contributed by atoms with Crippen molar-refractivity contribution < 1.29 is 47.6 Å². The summed E-state index contributed by atoms with van der Waals surface area (Å²) in [6.07, 6.45) is 33.8. The molecule has 4 unspecified atom stereocenters. The van der Waals surface area contributed by atoms with Crippen LogP contribution in [0.15, 0.2) is 129 Å². The van der Waals surface area contributed by atoms with Crippen LogP contribution >= 0.6 is 11.3 Å². The van der Waals surface area contributed by atoms with Gasteiger partial charge in [-0.1, -0.05) is 65.9 Å². The van der Waals surface area contributed by atoms with Gasteiger partial charge in [0.15, 0.2) is 46.0 Å². The lowest BCUT2D eigenvalue weighted by molar-refractivity contribution is -0.142. The Labute approximate surface area is 759 Å². The molecule has 7 saturated carbocycles. The Bertz CT molecular complexity index is 5610. The number of guanidine groups is 4. The van der Waals surface area contributed by atoms with Crippen LogP contribution in [-0.2, 0) is 108 Å². The number of aromatic nitrogens is 2. The highest BCUT2D eigenvalue weighted by Gasteiger charge is 2.72. The van der Waals surface area contributed by atoms with Gasteiger partial charge in [-0.2, -0.15) is 5.26 Å². The number of hydrogen-bond acceptors (Lipinski definition) is 22. The number of benzene rings is 4. The van der Waals surface area contributed by atoms with E-state index < -0.39 is 22.2 Å². The largest absolute Gasteiger partial charge is 0.381 e. The zero-order valence-corrected chi connectivity index (χ0v) is 75.4. The smallest absolute Gasteiger partial charge is 0.262 e. The number of aliphatic imine (C=N–C) groups is 4. The maximum Gasteiger partial charge on any atom is 0.262 e. The molecule has 26 heteroatoms. The van der Waals surface area contributed by atoms with Crippen LogP contribution in [-0.4, -0.2) is 175 Å². The average Bonchev–Trinajstić information content (AvgIpc) is 1.54. The second-order valence-corrected chi connectivity index (χ2v) is 40.3. The van der Waals surface area contributed by atoms with Gasteiger partial charge in [-0.05, 0) is 284 Å². The van der Waals surface area contributed by atoms with Gasteiger partial charge in [-0.3, -0.25) is 43.8 Å². The Morgan fingerprint density at radius 3 is 1.08 bits per heavy atom. The summed E-state index contributed by atoms with van der Waals surface area (Å²) in [5, 5.41) is 12.4. The van der Waals surface area contributed by atoms with Gasteiger partial charge >= 0.3 is 0 Å². The summed E-state index contributed by atoms with van der Waals surface area (Å²) in [5.41, 5.74) is 33.6. The van der Waals surface area contributed by atoms with Gasteiger partial charge in [0.05, 0.1) is 72.9 Å². The van der Waals surface area contributed by atoms with Gasteiger partial charge in [0.1, 0.15) is 0 Å². The topological polar surface area (TPSA) is 340 Å². The van der Waals surface area contributed by atoms with Crippen molar-refractivity contribution >= 4 is 58.8 Å². The number of ether oxygens (including phenoxy) is 6. The minimum atomic E-state index is -1.05. The summed E-state index contributed by atoms with van der Waals surface area (Å²) in [6, 6.07) is 30.9. The van der Waals surface area contributed by atoms with E-state index in [1.54, 1.807) is 78.0 Å². The van der Waals surface area contributed by atoms with Crippen LogP contribution in [0.1, 0.15) is 231 Å². The number of pyridine rings is 1. The van der Waals surface area contributed by atoms with E-state index in [2.05, 4.69) is 106 Å². The highest BCUT2D eigenvalue weighted by Crippen LogP contribution is 2.67. The molecule has 6 aliphatic heterocycles. The van der Waals surface area contributed by atoms with Crippen LogP contribution in [0, 0.1) is 86.3 Å². The molecule has 4 amide bonds. The number of methoxy groups -OCH3 is 4. The lowest BCUT2D eigenvalue weighted by Crippen LogP contribution is -2.54. The van der Waals surface area contributed by atoms with E-state index in [0.717, 1.165) is 210 Å². The molecule has 8 heterocycles. The molecule has 670 valence electrons. The molecule has 11 aliphatic carbocycles. The number of rotatable bonds is 13. The number of hydrogen-bond donors (Lipinski definition) is 4. The van der Waals surface area contributed by atoms with Gasteiger partial charge < -0.3 is 51.4 Å². The van der Waals surface area contributed by atoms with Crippen LogP contribution in [0.5, 0.6) is 0 Å². The Hall–Kier alpha value is -10.7. The molecule has 9 fully saturated rings. The predicted octanol–water partition coefficient (Wildman–Crippen LogP) is 11.7. The first kappa shape index (κ1) is 86.4. The lowest BCUT2D eigenvalue weighted by atomic mass is 9.61. The quantitative estimate of drug-likeness (QED) is 0.0780. The van der Waals surface area contributed by atoms with E-state index in [0.29, 0.717) is 73.8 Å². The van der Waals surface area contributed by atoms with Crippen molar-refractivity contribution in [3.63, 3.8) is 0 Å². The number of nitrogens with two attached hydrogens (primary N) is 4. The van der Waals surface area contributed by atoms with Crippen molar-refractivity contribution in [2.24, 2.45) is 82.3 Å². The molecule has 17 aliphatic rings. The van der Waals surface area contributed by atoms with E-state index in [-0.39, 0.29) is 87.9 Å². The molecule has 8 N–H and O–H groups in total. The van der Waals surface area contributed by atoms with Gasteiger partial charge in [0.25, 0.3) is 23.6 Å². The third-order valence-electron chi connectivity index (χ3n) is 32.1. The molecule has 0 bridgehead atoms. The first-order chi connectivity index (χ1) is 62.7. The predicted molar refractivity (Wildman–Crippen MR) is 489 cm³/mol. The Morgan fingerprint density at radius 2 is 0.767 bits per heavy atom. The molecule has 2 saturated heterocycles. The molecule has 6 atom stereocenters. The molecule has 2 aromatic heterocycles. The Morgan fingerprint density at radius 1 is 0.434 bits per heavy atom. The normalized spacial score (nSPS) is 32.5. The first-order valence-corrected chi connectivity index (χ1v) is 47.8. The number of carbonyl (C=O) groups is 4. The van der Waals surface area contributed by atoms with E-state index in [9.17, 15) is 24.4 Å². The minimum absolute atomic E-state index is 0.0178. The fourth-order valence-corrected chi connectivity index (χ4v) is 24.9. The molecule has 0 radical (unpaired) electrons. The van der Waals surface area contributed by atoms with Crippen molar-refractivity contribution in [2.75, 3.05) is 61.3 Å². The van der Waals surface area contributed by atoms with Crippen LogP contribution in [0.2, 0.25) is 0 Å². The fourth-order valence-electron chi connectivity index (χ4n) is 24.2. The molecule has 25 nitrogen and oxygen atoms in total. The van der Waals surface area contributed by atoms with Crippen molar-refractivity contribution in [2.45, 2.75) is 252 Å². The number of thiazole rings is 1. The number of nitriles is 1. The summed E-state index contributed by atoms with van der Waals surface area (Å²) < 4.78 is 33.8. The standard InChI is InChI=1S/C28H30N4O2.2C26H31N3O3.C23H25N5O2S/c1-34-23-10-12-27(13-11-23)16-22-9-8-20(7-6-19-4-5-19)15-24(22)28(27)25(33)32(26(29)31-28)18-21-3-2-14-30-17-21;2*1-31-20-8-11-25(12-9-20)15-19-7-6-18(5-4-17-2-3-17)14-22(19)26(25)23(30)29(24(27)28-26)16-21-10-13-32-21;1-30-17-4-7-22(8-5-17)13-16-3-2-15(14-24)12-18(16)23(22)20(29)28(21(25)27-23)10-6-19-26-9-11-31-19/h2-3,8-9,14-15,17,19,23H,4-5,10-13,16,18H2,1H3,(H2,29,31);2*6-7,14,17,20-21H,2-3,8-13,15-16H2,1H3,(H2,27,28);2-3,9,11-12,17H,4-8,10,13H2,1H3,(H2,25,27)/t;2*20?,21?,25?,26-;/m.10./s1. The van der Waals surface area contributed by atoms with Gasteiger partial charge in [-0.15, -0.1) is 11.3 Å². The second kappa shape index (κ2) is 34.3. The van der Waals surface area contributed by atoms with Crippen molar-refractivity contribution in [3.05, 3.63) is 186 Å². The first-order valence-electron chi connectivity index (χ1n) is 47.0. The summed E-state index contributed by atoms with van der Waals surface area (Å²) >= 11 is 1.57. The van der Waals surface area contributed by atoms with E-state index in [1.165, 1.54) is 55.2 Å². The highest BCUT2D eigenvalue weighted by molar-refractivity contribution is 7.09. The lowest BCUT2D eigenvalue weighted by Gasteiger charge is -2.45. The molecule has 23 rings (SSSR count). The molecule has 129 heavy (non-hydrogen) atoms. The molecule has 4 aromatic carbocycles. The number of fused-ring (bicyclic) bond motifs is 12. The monoisotopic (exact) mass is 1760 g/mol. The van der Waals surface area contributed by atoms with Gasteiger partial charge in [0, 0.05) is 135 Å². The highest BCUT2D eigenvalue weighted by atomic mass is 32.1. The van der Waals surface area contributed by atoms with E-state index >= 15 is 0 Å². The van der Waals surface area contributed by atoms with Crippen LogP contribution < -0.4 is 22.9 Å². The number of carbonyl (C=O) groups excluding carboxylic acids is 4. The summed E-state index contributed by atoms with van der Waals surface area (Å²) in [4.78, 5) is 92.1.